The third-order valence-electron chi connectivity index (χ3n) is 4.09. The van der Waals surface area contributed by atoms with Gasteiger partial charge < -0.3 is 10.3 Å². The number of H-pyrrole nitrogens is 1. The van der Waals surface area contributed by atoms with Crippen LogP contribution >= 0.6 is 11.3 Å². The minimum absolute atomic E-state index is 0.235. The summed E-state index contributed by atoms with van der Waals surface area (Å²) in [6.07, 6.45) is 0. The van der Waals surface area contributed by atoms with Crippen molar-refractivity contribution in [1.82, 2.24) is 9.97 Å². The second kappa shape index (κ2) is 6.57. The Balaban J connectivity index is 1.78. The number of nitrogens with zero attached hydrogens (tertiary/aromatic N) is 1. The first kappa shape index (κ1) is 16.2. The van der Waals surface area contributed by atoms with Gasteiger partial charge in [-0.15, -0.1) is 11.3 Å². The van der Waals surface area contributed by atoms with Gasteiger partial charge >= 0.3 is 0 Å². The van der Waals surface area contributed by atoms with E-state index in [9.17, 15) is 9.59 Å². The lowest BCUT2D eigenvalue weighted by molar-refractivity contribution is 0.103. The standard InChI is InChI=1S/C20H15N3O2S/c1-12-15-18(24)22-17(13-8-4-2-5-9-13)23-20(15)26-16(12)19(25)21-14-10-6-3-7-11-14/h2-11H,1H3,(H,21,25)(H,22,23,24). The van der Waals surface area contributed by atoms with Gasteiger partial charge in [0, 0.05) is 11.3 Å². The van der Waals surface area contributed by atoms with Crippen molar-refractivity contribution in [2.45, 2.75) is 6.92 Å². The summed E-state index contributed by atoms with van der Waals surface area (Å²) >= 11 is 1.23. The minimum Gasteiger partial charge on any atom is -0.321 e. The quantitative estimate of drug-likeness (QED) is 0.574. The summed E-state index contributed by atoms with van der Waals surface area (Å²) < 4.78 is 0. The molecule has 4 rings (SSSR count). The Bertz CT molecular complexity index is 1150. The second-order valence-corrected chi connectivity index (χ2v) is 6.84. The molecule has 0 atom stereocenters. The molecule has 0 radical (unpaired) electrons. The fraction of sp³-hybridized carbons (Fsp3) is 0.0500. The van der Waals surface area contributed by atoms with Gasteiger partial charge in [0.25, 0.3) is 11.5 Å². The van der Waals surface area contributed by atoms with Crippen LogP contribution in [0.15, 0.2) is 65.5 Å². The Kier molecular flexibility index (Phi) is 4.10. The third kappa shape index (κ3) is 2.91. The number of aryl methyl sites for hydroxylation is 1. The zero-order valence-electron chi connectivity index (χ0n) is 13.9. The monoisotopic (exact) mass is 361 g/mol. The maximum Gasteiger partial charge on any atom is 0.266 e. The Morgan fingerprint density at radius 3 is 2.38 bits per heavy atom. The number of carbonyl (C=O) groups excluding carboxylic acids is 1. The van der Waals surface area contributed by atoms with Crippen LogP contribution < -0.4 is 10.9 Å². The van der Waals surface area contributed by atoms with Crippen LogP contribution in [0, 0.1) is 6.92 Å². The topological polar surface area (TPSA) is 74.8 Å². The summed E-state index contributed by atoms with van der Waals surface area (Å²) in [6, 6.07) is 18.7. The first-order chi connectivity index (χ1) is 12.6. The van der Waals surface area contributed by atoms with E-state index < -0.39 is 0 Å². The van der Waals surface area contributed by atoms with Crippen molar-refractivity contribution in [3.05, 3.63) is 81.5 Å². The number of aromatic nitrogens is 2. The van der Waals surface area contributed by atoms with E-state index >= 15 is 0 Å². The number of carbonyl (C=O) groups is 1. The average molecular weight is 361 g/mol. The summed E-state index contributed by atoms with van der Waals surface area (Å²) in [5, 5.41) is 3.32. The molecule has 0 saturated heterocycles. The minimum atomic E-state index is -0.239. The number of benzene rings is 2. The van der Waals surface area contributed by atoms with Gasteiger partial charge in [-0.2, -0.15) is 0 Å². The number of hydrogen-bond donors (Lipinski definition) is 2. The number of fused-ring (bicyclic) bond motifs is 1. The fourth-order valence-electron chi connectivity index (χ4n) is 2.80. The van der Waals surface area contributed by atoms with Crippen molar-refractivity contribution in [2.24, 2.45) is 0 Å². The molecule has 2 N–H and O–H groups in total. The first-order valence-corrected chi connectivity index (χ1v) is 8.90. The van der Waals surface area contributed by atoms with Crippen molar-refractivity contribution in [2.75, 3.05) is 5.32 Å². The number of para-hydroxylation sites is 1. The van der Waals surface area contributed by atoms with E-state index in [1.165, 1.54) is 11.3 Å². The second-order valence-electron chi connectivity index (χ2n) is 5.84. The van der Waals surface area contributed by atoms with Crippen LogP contribution in [0.2, 0.25) is 0 Å². The molecule has 0 saturated carbocycles. The Hall–Kier alpha value is -3.25. The van der Waals surface area contributed by atoms with Crippen LogP contribution in [-0.2, 0) is 0 Å². The van der Waals surface area contributed by atoms with E-state index in [1.807, 2.05) is 60.7 Å². The number of amides is 1. The lowest BCUT2D eigenvalue weighted by atomic mass is 10.2. The molecule has 2 heterocycles. The van der Waals surface area contributed by atoms with Gasteiger partial charge in [0.1, 0.15) is 10.7 Å². The lowest BCUT2D eigenvalue weighted by Crippen LogP contribution is -2.12. The molecule has 4 aromatic rings. The maximum atomic E-state index is 12.6. The van der Waals surface area contributed by atoms with Gasteiger partial charge in [0.05, 0.1) is 10.3 Å². The van der Waals surface area contributed by atoms with Gasteiger partial charge in [0.15, 0.2) is 0 Å². The summed E-state index contributed by atoms with van der Waals surface area (Å²) in [7, 11) is 0. The van der Waals surface area contributed by atoms with E-state index in [0.29, 0.717) is 32.2 Å². The number of aromatic amines is 1. The molecule has 1 amide bonds. The van der Waals surface area contributed by atoms with Crippen LogP contribution in [-0.4, -0.2) is 15.9 Å². The van der Waals surface area contributed by atoms with Gasteiger partial charge in [-0.3, -0.25) is 9.59 Å². The lowest BCUT2D eigenvalue weighted by Gasteiger charge is -2.03. The van der Waals surface area contributed by atoms with Gasteiger partial charge in [0.2, 0.25) is 0 Å². The van der Waals surface area contributed by atoms with Crippen molar-refractivity contribution in [3.63, 3.8) is 0 Å². The first-order valence-electron chi connectivity index (χ1n) is 8.09. The van der Waals surface area contributed by atoms with Crippen molar-refractivity contribution in [1.29, 1.82) is 0 Å². The van der Waals surface area contributed by atoms with Crippen LogP contribution in [0.3, 0.4) is 0 Å². The number of anilines is 1. The molecular formula is C20H15N3O2S. The van der Waals surface area contributed by atoms with Crippen molar-refractivity contribution in [3.8, 4) is 11.4 Å². The highest BCUT2D eigenvalue weighted by Crippen LogP contribution is 2.29. The zero-order chi connectivity index (χ0) is 18.1. The molecule has 5 nitrogen and oxygen atoms in total. The number of rotatable bonds is 3. The van der Waals surface area contributed by atoms with Crippen LogP contribution in [0.5, 0.6) is 0 Å². The van der Waals surface area contributed by atoms with Crippen LogP contribution in [0.1, 0.15) is 15.2 Å². The maximum absolute atomic E-state index is 12.6. The van der Waals surface area contributed by atoms with Gasteiger partial charge in [-0.05, 0) is 24.6 Å². The molecular weight excluding hydrogens is 346 g/mol. The highest BCUT2D eigenvalue weighted by Gasteiger charge is 2.19. The Morgan fingerprint density at radius 1 is 1.04 bits per heavy atom. The summed E-state index contributed by atoms with van der Waals surface area (Å²) in [6.45, 7) is 1.78. The molecule has 6 heteroatoms. The van der Waals surface area contributed by atoms with Crippen LogP contribution in [0.4, 0.5) is 5.69 Å². The van der Waals surface area contributed by atoms with Gasteiger partial charge in [-0.25, -0.2) is 4.98 Å². The smallest absolute Gasteiger partial charge is 0.266 e. The number of hydrogen-bond acceptors (Lipinski definition) is 4. The number of thiophene rings is 1. The molecule has 128 valence electrons. The highest BCUT2D eigenvalue weighted by atomic mass is 32.1. The summed E-state index contributed by atoms with van der Waals surface area (Å²) in [4.78, 5) is 33.6. The third-order valence-corrected chi connectivity index (χ3v) is 5.27. The van der Waals surface area contributed by atoms with E-state index in [1.54, 1.807) is 6.92 Å². The molecule has 0 aliphatic heterocycles. The molecule has 0 spiro atoms. The van der Waals surface area contributed by atoms with E-state index in [4.69, 9.17) is 0 Å². The molecule has 2 aromatic heterocycles. The molecule has 0 fully saturated rings. The molecule has 0 unspecified atom stereocenters. The summed E-state index contributed by atoms with van der Waals surface area (Å²) in [5.74, 6) is 0.261. The SMILES string of the molecule is Cc1c(C(=O)Nc2ccccc2)sc2nc(-c3ccccc3)[nH]c(=O)c12. The predicted molar refractivity (Wildman–Crippen MR) is 105 cm³/mol. The van der Waals surface area contributed by atoms with E-state index in [2.05, 4.69) is 15.3 Å². The normalized spacial score (nSPS) is 10.8. The Morgan fingerprint density at radius 2 is 1.69 bits per heavy atom. The predicted octanol–water partition coefficient (Wildman–Crippen LogP) is 4.21. The van der Waals surface area contributed by atoms with E-state index in [0.717, 1.165) is 5.56 Å². The van der Waals surface area contributed by atoms with Crippen molar-refractivity contribution < 1.29 is 4.79 Å². The highest BCUT2D eigenvalue weighted by molar-refractivity contribution is 7.20. The van der Waals surface area contributed by atoms with Crippen LogP contribution in [0.25, 0.3) is 21.6 Å². The molecule has 0 bridgehead atoms. The molecule has 0 aliphatic rings. The van der Waals surface area contributed by atoms with E-state index in [-0.39, 0.29) is 11.5 Å². The fourth-order valence-corrected chi connectivity index (χ4v) is 3.88. The molecule has 0 aliphatic carbocycles. The van der Waals surface area contributed by atoms with Crippen molar-refractivity contribution >= 4 is 33.1 Å². The molecule has 2 aromatic carbocycles. The van der Waals surface area contributed by atoms with Gasteiger partial charge in [-0.1, -0.05) is 48.5 Å². The Labute approximate surface area is 153 Å². The zero-order valence-corrected chi connectivity index (χ0v) is 14.8. The molecule has 26 heavy (non-hydrogen) atoms. The summed E-state index contributed by atoms with van der Waals surface area (Å²) in [5.41, 5.74) is 1.95. The number of nitrogens with one attached hydrogen (secondary N) is 2. The largest absolute Gasteiger partial charge is 0.321 e. The average Bonchev–Trinajstić information content (AvgIpc) is 3.00.